The van der Waals surface area contributed by atoms with Gasteiger partial charge in [-0.2, -0.15) is 0 Å². The highest BCUT2D eigenvalue weighted by molar-refractivity contribution is 6.42. The topological polar surface area (TPSA) is 20.2 Å². The molecule has 0 saturated heterocycles. The van der Waals surface area contributed by atoms with Gasteiger partial charge >= 0.3 is 0 Å². The Bertz CT molecular complexity index is 735. The highest BCUT2D eigenvalue weighted by Gasteiger charge is 2.10. The number of hydrogen-bond donors (Lipinski definition) is 1. The lowest BCUT2D eigenvalue weighted by Gasteiger charge is -2.08. The summed E-state index contributed by atoms with van der Waals surface area (Å²) in [5.41, 5.74) is 0. The fourth-order valence-electron chi connectivity index (χ4n) is 2.10. The zero-order valence-corrected chi connectivity index (χ0v) is 10.3. The number of aromatic hydroxyl groups is 1. The maximum absolute atomic E-state index is 9.68. The smallest absolute Gasteiger partial charge is 0.134 e. The SMILES string of the molecule is Oc1ccc2cc(Cl)c3ccccc3c2c1Cl. The van der Waals surface area contributed by atoms with E-state index in [1.54, 1.807) is 6.07 Å². The van der Waals surface area contributed by atoms with Crippen molar-refractivity contribution in [3.05, 3.63) is 52.5 Å². The molecule has 0 spiro atoms. The Morgan fingerprint density at radius 2 is 1.59 bits per heavy atom. The van der Waals surface area contributed by atoms with Crippen LogP contribution < -0.4 is 0 Å². The molecule has 0 bridgehead atoms. The molecular weight excluding hydrogens is 255 g/mol. The fourth-order valence-corrected chi connectivity index (χ4v) is 2.65. The third kappa shape index (κ3) is 1.54. The van der Waals surface area contributed by atoms with Crippen LogP contribution in [0.3, 0.4) is 0 Å². The van der Waals surface area contributed by atoms with Crippen molar-refractivity contribution in [2.45, 2.75) is 0 Å². The zero-order valence-electron chi connectivity index (χ0n) is 8.74. The Kier molecular flexibility index (Phi) is 2.39. The number of fused-ring (bicyclic) bond motifs is 3. The summed E-state index contributed by atoms with van der Waals surface area (Å²) in [5.74, 6) is 0.0895. The largest absolute Gasteiger partial charge is 0.506 e. The van der Waals surface area contributed by atoms with Gasteiger partial charge in [0.25, 0.3) is 0 Å². The van der Waals surface area contributed by atoms with Crippen molar-refractivity contribution in [1.82, 2.24) is 0 Å². The van der Waals surface area contributed by atoms with E-state index in [1.165, 1.54) is 0 Å². The van der Waals surface area contributed by atoms with Crippen molar-refractivity contribution in [2.24, 2.45) is 0 Å². The lowest BCUT2D eigenvalue weighted by molar-refractivity contribution is 0.476. The van der Waals surface area contributed by atoms with Crippen LogP contribution in [0.1, 0.15) is 0 Å². The van der Waals surface area contributed by atoms with Crippen LogP contribution in [-0.4, -0.2) is 5.11 Å². The van der Waals surface area contributed by atoms with Crippen LogP contribution in [0.15, 0.2) is 42.5 Å². The average Bonchev–Trinajstić information content (AvgIpc) is 2.34. The van der Waals surface area contributed by atoms with Crippen molar-refractivity contribution in [3.63, 3.8) is 0 Å². The Hall–Kier alpha value is -1.44. The van der Waals surface area contributed by atoms with Crippen LogP contribution in [0.4, 0.5) is 0 Å². The normalized spacial score (nSPS) is 11.2. The van der Waals surface area contributed by atoms with Gasteiger partial charge in [-0.3, -0.25) is 0 Å². The number of halogens is 2. The van der Waals surface area contributed by atoms with Gasteiger partial charge in [0.1, 0.15) is 5.75 Å². The molecule has 3 heteroatoms. The molecule has 0 unspecified atom stereocenters. The molecule has 3 aromatic carbocycles. The predicted octanol–water partition coefficient (Wildman–Crippen LogP) is 5.01. The van der Waals surface area contributed by atoms with Crippen molar-refractivity contribution in [3.8, 4) is 5.75 Å². The molecule has 0 saturated carbocycles. The van der Waals surface area contributed by atoms with Gasteiger partial charge in [0.05, 0.1) is 5.02 Å². The van der Waals surface area contributed by atoms with E-state index in [0.717, 1.165) is 21.5 Å². The monoisotopic (exact) mass is 262 g/mol. The molecule has 1 N–H and O–H groups in total. The van der Waals surface area contributed by atoms with E-state index in [4.69, 9.17) is 23.2 Å². The lowest BCUT2D eigenvalue weighted by atomic mass is 10.0. The molecular formula is C14H8Cl2O. The van der Waals surface area contributed by atoms with E-state index in [-0.39, 0.29) is 5.75 Å². The molecule has 0 heterocycles. The summed E-state index contributed by atoms with van der Waals surface area (Å²) >= 11 is 12.4. The second-order valence-electron chi connectivity index (χ2n) is 3.90. The van der Waals surface area contributed by atoms with Crippen LogP contribution in [-0.2, 0) is 0 Å². The third-order valence-electron chi connectivity index (χ3n) is 2.89. The average molecular weight is 263 g/mol. The summed E-state index contributed by atoms with van der Waals surface area (Å²) in [7, 11) is 0. The number of benzene rings is 3. The van der Waals surface area contributed by atoms with Gasteiger partial charge < -0.3 is 5.11 Å². The van der Waals surface area contributed by atoms with Crippen LogP contribution in [0, 0.1) is 0 Å². The maximum atomic E-state index is 9.68. The Labute approximate surface area is 108 Å². The van der Waals surface area contributed by atoms with Crippen LogP contribution in [0.25, 0.3) is 21.5 Å². The molecule has 0 amide bonds. The van der Waals surface area contributed by atoms with Gasteiger partial charge in [-0.25, -0.2) is 0 Å². The Morgan fingerprint density at radius 3 is 2.35 bits per heavy atom. The van der Waals surface area contributed by atoms with Crippen molar-refractivity contribution in [1.29, 1.82) is 0 Å². The predicted molar refractivity (Wildman–Crippen MR) is 73.1 cm³/mol. The minimum atomic E-state index is 0.0895. The minimum Gasteiger partial charge on any atom is -0.506 e. The van der Waals surface area contributed by atoms with Gasteiger partial charge in [-0.1, -0.05) is 53.5 Å². The Morgan fingerprint density at radius 1 is 0.882 bits per heavy atom. The molecule has 17 heavy (non-hydrogen) atoms. The van der Waals surface area contributed by atoms with Crippen molar-refractivity contribution < 1.29 is 5.11 Å². The molecule has 0 aromatic heterocycles. The van der Waals surface area contributed by atoms with E-state index in [1.807, 2.05) is 36.4 Å². The van der Waals surface area contributed by atoms with E-state index < -0.39 is 0 Å². The molecule has 3 aromatic rings. The van der Waals surface area contributed by atoms with Gasteiger partial charge in [0.15, 0.2) is 0 Å². The van der Waals surface area contributed by atoms with E-state index >= 15 is 0 Å². The lowest BCUT2D eigenvalue weighted by Crippen LogP contribution is -1.81. The maximum Gasteiger partial charge on any atom is 0.134 e. The van der Waals surface area contributed by atoms with E-state index in [2.05, 4.69) is 0 Å². The quantitative estimate of drug-likeness (QED) is 0.565. The Balaban J connectivity index is 2.66. The highest BCUT2D eigenvalue weighted by Crippen LogP contribution is 2.39. The highest BCUT2D eigenvalue weighted by atomic mass is 35.5. The molecule has 1 nitrogen and oxygen atoms in total. The first-order valence-corrected chi connectivity index (χ1v) is 5.92. The molecule has 0 radical (unpaired) electrons. The molecule has 0 fully saturated rings. The van der Waals surface area contributed by atoms with Gasteiger partial charge in [0, 0.05) is 15.8 Å². The van der Waals surface area contributed by atoms with E-state index in [0.29, 0.717) is 10.0 Å². The first-order chi connectivity index (χ1) is 8.18. The molecule has 84 valence electrons. The van der Waals surface area contributed by atoms with Gasteiger partial charge in [-0.05, 0) is 22.9 Å². The second kappa shape index (κ2) is 3.80. The summed E-state index contributed by atoms with van der Waals surface area (Å²) in [4.78, 5) is 0. The molecule has 0 atom stereocenters. The van der Waals surface area contributed by atoms with Crippen LogP contribution in [0.5, 0.6) is 5.75 Å². The van der Waals surface area contributed by atoms with E-state index in [9.17, 15) is 5.11 Å². The summed E-state index contributed by atoms with van der Waals surface area (Å²) < 4.78 is 0. The first-order valence-electron chi connectivity index (χ1n) is 5.17. The molecule has 0 aliphatic heterocycles. The zero-order chi connectivity index (χ0) is 12.0. The van der Waals surface area contributed by atoms with Crippen molar-refractivity contribution in [2.75, 3.05) is 0 Å². The number of phenolic OH excluding ortho intramolecular Hbond substituents is 1. The summed E-state index contributed by atoms with van der Waals surface area (Å²) in [5, 5.41) is 14.4. The van der Waals surface area contributed by atoms with Crippen molar-refractivity contribution >= 4 is 44.7 Å². The molecule has 0 aliphatic rings. The third-order valence-corrected chi connectivity index (χ3v) is 3.59. The summed E-state index contributed by atoms with van der Waals surface area (Å²) in [6.45, 7) is 0. The number of phenols is 1. The summed E-state index contributed by atoms with van der Waals surface area (Å²) in [6.07, 6.45) is 0. The van der Waals surface area contributed by atoms with Gasteiger partial charge in [0.2, 0.25) is 0 Å². The van der Waals surface area contributed by atoms with Gasteiger partial charge in [-0.15, -0.1) is 0 Å². The first kappa shape index (κ1) is 10.7. The molecule has 0 aliphatic carbocycles. The standard InChI is InChI=1S/C14H8Cl2O/c15-11-7-8-5-6-12(17)14(16)13(8)10-4-2-1-3-9(10)11/h1-7,17H. The fraction of sp³-hybridized carbons (Fsp3) is 0. The number of hydrogen-bond acceptors (Lipinski definition) is 1. The van der Waals surface area contributed by atoms with Crippen LogP contribution in [0.2, 0.25) is 10.0 Å². The minimum absolute atomic E-state index is 0.0895. The van der Waals surface area contributed by atoms with Crippen LogP contribution >= 0.6 is 23.2 Å². The second-order valence-corrected chi connectivity index (χ2v) is 4.69. The molecule has 3 rings (SSSR count). The number of rotatable bonds is 0. The summed E-state index contributed by atoms with van der Waals surface area (Å²) in [6, 6.07) is 13.0.